The van der Waals surface area contributed by atoms with Gasteiger partial charge in [0.2, 0.25) is 0 Å². The van der Waals surface area contributed by atoms with Gasteiger partial charge in [-0.2, -0.15) is 0 Å². The number of rotatable bonds is 4. The zero-order chi connectivity index (χ0) is 13.9. The molecule has 1 atom stereocenters. The van der Waals surface area contributed by atoms with Crippen molar-refractivity contribution >= 4 is 0 Å². The number of hydrogen-bond donors (Lipinski definition) is 1. The predicted molar refractivity (Wildman–Crippen MR) is 71.6 cm³/mol. The number of benzene rings is 1. The molecular formula is C15H23F2N. The molecule has 1 nitrogen and oxygen atoms in total. The number of aryl methyl sites for hydroxylation is 1. The van der Waals surface area contributed by atoms with Crippen LogP contribution in [-0.4, -0.2) is 6.54 Å². The second-order valence-electron chi connectivity index (χ2n) is 6.11. The van der Waals surface area contributed by atoms with E-state index in [1.54, 1.807) is 6.92 Å². The molecule has 0 aromatic heterocycles. The van der Waals surface area contributed by atoms with Crippen molar-refractivity contribution in [2.24, 2.45) is 5.41 Å². The molecule has 0 aliphatic carbocycles. The van der Waals surface area contributed by atoms with Gasteiger partial charge in [-0.15, -0.1) is 0 Å². The van der Waals surface area contributed by atoms with Crippen LogP contribution in [0.4, 0.5) is 8.78 Å². The van der Waals surface area contributed by atoms with Crippen molar-refractivity contribution in [3.05, 3.63) is 34.9 Å². The summed E-state index contributed by atoms with van der Waals surface area (Å²) in [5, 5.41) is 3.24. The standard InChI is InChI=1S/C15H23F2N/c1-10-8-14(17)12(9-13(10)16)11(2)18-7-6-15(3,4)5/h8-9,11,18H,6-7H2,1-5H3. The molecular weight excluding hydrogens is 232 g/mol. The Kier molecular flexibility index (Phi) is 4.85. The van der Waals surface area contributed by atoms with Gasteiger partial charge in [-0.3, -0.25) is 0 Å². The zero-order valence-electron chi connectivity index (χ0n) is 11.9. The van der Waals surface area contributed by atoms with Crippen LogP contribution in [0.1, 0.15) is 51.3 Å². The van der Waals surface area contributed by atoms with Gasteiger partial charge in [0.15, 0.2) is 0 Å². The van der Waals surface area contributed by atoms with Crippen LogP contribution in [-0.2, 0) is 0 Å². The summed E-state index contributed by atoms with van der Waals surface area (Å²) >= 11 is 0. The second kappa shape index (κ2) is 5.79. The molecule has 0 radical (unpaired) electrons. The lowest BCUT2D eigenvalue weighted by molar-refractivity contribution is 0.356. The van der Waals surface area contributed by atoms with Crippen molar-refractivity contribution in [1.29, 1.82) is 0 Å². The van der Waals surface area contributed by atoms with E-state index in [4.69, 9.17) is 0 Å². The Hall–Kier alpha value is -0.960. The van der Waals surface area contributed by atoms with E-state index in [1.165, 1.54) is 12.1 Å². The molecule has 0 bridgehead atoms. The SMILES string of the molecule is Cc1cc(F)c(C(C)NCCC(C)(C)C)cc1F. The Morgan fingerprint density at radius 2 is 1.78 bits per heavy atom. The van der Waals surface area contributed by atoms with Gasteiger partial charge in [-0.25, -0.2) is 8.78 Å². The third-order valence-electron chi connectivity index (χ3n) is 3.07. The maximum atomic E-state index is 13.7. The van der Waals surface area contributed by atoms with Gasteiger partial charge in [-0.1, -0.05) is 20.8 Å². The molecule has 1 aromatic rings. The summed E-state index contributed by atoms with van der Waals surface area (Å²) in [6, 6.07) is 2.37. The first-order valence-corrected chi connectivity index (χ1v) is 6.39. The molecule has 0 heterocycles. The Bertz CT molecular complexity index is 408. The minimum atomic E-state index is -0.351. The van der Waals surface area contributed by atoms with Gasteiger partial charge in [0.25, 0.3) is 0 Å². The molecule has 18 heavy (non-hydrogen) atoms. The maximum absolute atomic E-state index is 13.7. The van der Waals surface area contributed by atoms with E-state index in [9.17, 15) is 8.78 Å². The highest BCUT2D eigenvalue weighted by Gasteiger charge is 2.15. The van der Waals surface area contributed by atoms with Crippen molar-refractivity contribution in [2.45, 2.75) is 47.1 Å². The molecule has 0 saturated carbocycles. The van der Waals surface area contributed by atoms with Crippen LogP contribution in [0.2, 0.25) is 0 Å². The molecule has 0 aliphatic heterocycles. The maximum Gasteiger partial charge on any atom is 0.128 e. The number of halogens is 2. The van der Waals surface area contributed by atoms with E-state index in [0.29, 0.717) is 11.1 Å². The predicted octanol–water partition coefficient (Wildman–Crippen LogP) is 4.36. The molecule has 0 saturated heterocycles. The van der Waals surface area contributed by atoms with Crippen LogP contribution in [0.5, 0.6) is 0 Å². The number of nitrogens with one attached hydrogen (secondary N) is 1. The van der Waals surface area contributed by atoms with Crippen molar-refractivity contribution < 1.29 is 8.78 Å². The molecule has 1 N–H and O–H groups in total. The van der Waals surface area contributed by atoms with Crippen LogP contribution >= 0.6 is 0 Å². The quantitative estimate of drug-likeness (QED) is 0.843. The zero-order valence-corrected chi connectivity index (χ0v) is 11.9. The Morgan fingerprint density at radius 1 is 1.17 bits per heavy atom. The van der Waals surface area contributed by atoms with Gasteiger partial charge < -0.3 is 5.32 Å². The summed E-state index contributed by atoms with van der Waals surface area (Å²) in [5.41, 5.74) is 0.981. The van der Waals surface area contributed by atoms with Crippen molar-refractivity contribution in [3.8, 4) is 0 Å². The summed E-state index contributed by atoms with van der Waals surface area (Å²) in [6.07, 6.45) is 0.993. The fraction of sp³-hybridized carbons (Fsp3) is 0.600. The summed E-state index contributed by atoms with van der Waals surface area (Å²) in [5.74, 6) is -0.694. The monoisotopic (exact) mass is 255 g/mol. The van der Waals surface area contributed by atoms with E-state index < -0.39 is 0 Å². The van der Waals surface area contributed by atoms with Crippen LogP contribution in [0.3, 0.4) is 0 Å². The largest absolute Gasteiger partial charge is 0.310 e. The van der Waals surface area contributed by atoms with Gasteiger partial charge in [0.05, 0.1) is 0 Å². The molecule has 0 amide bonds. The van der Waals surface area contributed by atoms with E-state index in [-0.39, 0.29) is 23.1 Å². The van der Waals surface area contributed by atoms with E-state index >= 15 is 0 Å². The minimum absolute atomic E-state index is 0.178. The molecule has 0 spiro atoms. The van der Waals surface area contributed by atoms with Crippen molar-refractivity contribution in [2.75, 3.05) is 6.54 Å². The molecule has 3 heteroatoms. The molecule has 1 aromatic carbocycles. The Labute approximate surface area is 109 Å². The highest BCUT2D eigenvalue weighted by molar-refractivity contribution is 5.27. The second-order valence-corrected chi connectivity index (χ2v) is 6.11. The third-order valence-corrected chi connectivity index (χ3v) is 3.07. The van der Waals surface area contributed by atoms with Crippen LogP contribution < -0.4 is 5.32 Å². The first-order valence-electron chi connectivity index (χ1n) is 6.39. The molecule has 0 aliphatic rings. The van der Waals surface area contributed by atoms with Crippen LogP contribution in [0, 0.1) is 24.0 Å². The smallest absolute Gasteiger partial charge is 0.128 e. The molecule has 1 unspecified atom stereocenters. The van der Waals surface area contributed by atoms with Gasteiger partial charge in [0, 0.05) is 11.6 Å². The fourth-order valence-electron chi connectivity index (χ4n) is 1.77. The van der Waals surface area contributed by atoms with Crippen molar-refractivity contribution in [3.63, 3.8) is 0 Å². The lowest BCUT2D eigenvalue weighted by atomic mass is 9.92. The van der Waals surface area contributed by atoms with E-state index in [2.05, 4.69) is 26.1 Å². The topological polar surface area (TPSA) is 12.0 Å². The molecule has 1 rings (SSSR count). The molecule has 0 fully saturated rings. The van der Waals surface area contributed by atoms with E-state index in [0.717, 1.165) is 13.0 Å². The van der Waals surface area contributed by atoms with Crippen LogP contribution in [0.15, 0.2) is 12.1 Å². The molecule has 102 valence electrons. The van der Waals surface area contributed by atoms with E-state index in [1.807, 2.05) is 6.92 Å². The van der Waals surface area contributed by atoms with Crippen molar-refractivity contribution in [1.82, 2.24) is 5.32 Å². The lowest BCUT2D eigenvalue weighted by Crippen LogP contribution is -2.24. The average Bonchev–Trinajstić information content (AvgIpc) is 2.21. The first-order chi connectivity index (χ1) is 8.20. The fourth-order valence-corrected chi connectivity index (χ4v) is 1.77. The summed E-state index contributed by atoms with van der Waals surface area (Å²) in [6.45, 7) is 10.7. The van der Waals surface area contributed by atoms with Crippen LogP contribution in [0.25, 0.3) is 0 Å². The normalized spacial score (nSPS) is 13.7. The average molecular weight is 255 g/mol. The summed E-state index contributed by atoms with van der Waals surface area (Å²) < 4.78 is 27.2. The highest BCUT2D eigenvalue weighted by Crippen LogP contribution is 2.22. The summed E-state index contributed by atoms with van der Waals surface area (Å²) in [7, 11) is 0. The van der Waals surface area contributed by atoms with Gasteiger partial charge >= 0.3 is 0 Å². The Balaban J connectivity index is 2.67. The Morgan fingerprint density at radius 3 is 2.33 bits per heavy atom. The van der Waals surface area contributed by atoms with Gasteiger partial charge in [0.1, 0.15) is 11.6 Å². The third kappa shape index (κ3) is 4.37. The number of hydrogen-bond acceptors (Lipinski definition) is 1. The van der Waals surface area contributed by atoms with Gasteiger partial charge in [-0.05, 0) is 49.9 Å². The first kappa shape index (κ1) is 15.1. The highest BCUT2D eigenvalue weighted by atomic mass is 19.1. The minimum Gasteiger partial charge on any atom is -0.310 e. The lowest BCUT2D eigenvalue weighted by Gasteiger charge is -2.21. The summed E-state index contributed by atoms with van der Waals surface area (Å²) in [4.78, 5) is 0.